The molecular formula is C31H36F8N2O6. The second-order valence-corrected chi connectivity index (χ2v) is 13.0. The summed E-state index contributed by atoms with van der Waals surface area (Å²) in [6.45, 7) is 3.57. The van der Waals surface area contributed by atoms with Crippen LogP contribution in [0.1, 0.15) is 45.7 Å². The third-order valence-corrected chi connectivity index (χ3v) is 8.79. The zero-order valence-electron chi connectivity index (χ0n) is 26.0. The molecule has 2 unspecified atom stereocenters. The third kappa shape index (κ3) is 6.07. The average molecular weight is 685 g/mol. The molecule has 0 saturated carbocycles. The lowest BCUT2D eigenvalue weighted by molar-refractivity contribution is -0.358. The van der Waals surface area contributed by atoms with Gasteiger partial charge in [0.05, 0.1) is 42.8 Å². The fraction of sp³-hybridized carbons (Fsp3) is 0.581. The Morgan fingerprint density at radius 3 is 1.87 bits per heavy atom. The number of nitrogens with two attached hydrogens (primary N) is 1. The van der Waals surface area contributed by atoms with Gasteiger partial charge in [-0.05, 0) is 46.8 Å². The van der Waals surface area contributed by atoms with Crippen molar-refractivity contribution in [2.24, 2.45) is 17.6 Å². The Hall–Kier alpha value is -3.05. The van der Waals surface area contributed by atoms with Gasteiger partial charge < -0.3 is 30.2 Å². The molecule has 2 saturated heterocycles. The zero-order valence-corrected chi connectivity index (χ0v) is 26.0. The maximum Gasteiger partial charge on any atom is 0.437 e. The van der Waals surface area contributed by atoms with Crippen molar-refractivity contribution in [3.8, 4) is 0 Å². The summed E-state index contributed by atoms with van der Waals surface area (Å²) in [4.78, 5) is 13.8. The number of benzene rings is 2. The van der Waals surface area contributed by atoms with E-state index in [-0.39, 0.29) is 0 Å². The van der Waals surface area contributed by atoms with Crippen LogP contribution in [0.4, 0.5) is 39.9 Å². The van der Waals surface area contributed by atoms with E-state index in [1.54, 1.807) is 0 Å². The average Bonchev–Trinajstić information content (AvgIpc) is 3.43. The quantitative estimate of drug-likeness (QED) is 0.272. The number of ether oxygens (including phenoxy) is 3. The van der Waals surface area contributed by atoms with Crippen LogP contribution in [-0.4, -0.2) is 76.4 Å². The number of carbonyl (C=O) groups is 1. The summed E-state index contributed by atoms with van der Waals surface area (Å²) in [6.07, 6.45) is -20.7. The molecule has 2 fully saturated rings. The molecule has 262 valence electrons. The van der Waals surface area contributed by atoms with Crippen molar-refractivity contribution in [3.05, 3.63) is 71.3 Å². The fourth-order valence-corrected chi connectivity index (χ4v) is 6.97. The molecule has 2 aromatic carbocycles. The Kier molecular flexibility index (Phi) is 9.49. The molecule has 0 radical (unpaired) electrons. The number of rotatable bonds is 6. The van der Waals surface area contributed by atoms with Gasteiger partial charge in [-0.2, -0.15) is 26.3 Å². The highest BCUT2D eigenvalue weighted by Gasteiger charge is 2.77. The van der Waals surface area contributed by atoms with Gasteiger partial charge in [-0.3, -0.25) is 4.90 Å². The van der Waals surface area contributed by atoms with Crippen molar-refractivity contribution < 1.29 is 64.3 Å². The van der Waals surface area contributed by atoms with Gasteiger partial charge in [0.25, 0.3) is 0 Å². The van der Waals surface area contributed by atoms with Crippen molar-refractivity contribution >= 4 is 6.09 Å². The second kappa shape index (κ2) is 12.1. The smallest absolute Gasteiger partial charge is 0.437 e. The van der Waals surface area contributed by atoms with Crippen LogP contribution in [0.5, 0.6) is 0 Å². The molecule has 2 aliphatic rings. The lowest BCUT2D eigenvalue weighted by Gasteiger charge is -2.56. The van der Waals surface area contributed by atoms with Crippen LogP contribution < -0.4 is 5.73 Å². The molecule has 0 spiro atoms. The number of nitrogens with zero attached hydrogens (tertiary/aromatic N) is 1. The highest BCUT2D eigenvalue weighted by Crippen LogP contribution is 2.59. The molecule has 0 bridgehead atoms. The van der Waals surface area contributed by atoms with Crippen LogP contribution in [0.2, 0.25) is 0 Å². The van der Waals surface area contributed by atoms with Crippen LogP contribution in [-0.2, 0) is 25.3 Å². The van der Waals surface area contributed by atoms with Crippen molar-refractivity contribution in [1.82, 2.24) is 4.90 Å². The monoisotopic (exact) mass is 684 g/mol. The van der Waals surface area contributed by atoms with E-state index < -0.39 is 112 Å². The Morgan fingerprint density at radius 1 is 0.915 bits per heavy atom. The van der Waals surface area contributed by atoms with Gasteiger partial charge in [-0.1, -0.05) is 36.4 Å². The van der Waals surface area contributed by atoms with Gasteiger partial charge in [0.2, 0.25) is 5.72 Å². The number of halogens is 8. The second-order valence-electron chi connectivity index (χ2n) is 13.0. The molecule has 4 N–H and O–H groups in total. The maximum atomic E-state index is 15.9. The largest absolute Gasteiger partial charge is 0.444 e. The summed E-state index contributed by atoms with van der Waals surface area (Å²) in [5.41, 5.74) is -7.26. The molecule has 1 amide bonds. The minimum Gasteiger partial charge on any atom is -0.444 e. The van der Waals surface area contributed by atoms with E-state index in [2.05, 4.69) is 0 Å². The molecule has 8 atom stereocenters. The van der Waals surface area contributed by atoms with E-state index in [9.17, 15) is 28.2 Å². The number of carbonyl (C=O) groups excluding carboxylic acids is 1. The summed E-state index contributed by atoms with van der Waals surface area (Å²) < 4.78 is 138. The molecular weight excluding hydrogens is 648 g/mol. The minimum absolute atomic E-state index is 0.453. The van der Waals surface area contributed by atoms with Crippen molar-refractivity contribution in [1.29, 1.82) is 0 Å². The Bertz CT molecular complexity index is 1470. The molecule has 16 heteroatoms. The Morgan fingerprint density at radius 2 is 1.40 bits per heavy atom. The predicted molar refractivity (Wildman–Crippen MR) is 149 cm³/mol. The van der Waals surface area contributed by atoms with E-state index in [0.717, 1.165) is 44.2 Å². The fourth-order valence-electron chi connectivity index (χ4n) is 6.97. The first-order chi connectivity index (χ1) is 21.4. The number of aliphatic hydroxyl groups excluding tert-OH is 1. The highest BCUT2D eigenvalue weighted by molar-refractivity contribution is 5.71. The number of hydrogen-bond donors (Lipinski definition) is 3. The van der Waals surface area contributed by atoms with Gasteiger partial charge in [-0.25, -0.2) is 13.6 Å². The topological polar surface area (TPSA) is 114 Å². The summed E-state index contributed by atoms with van der Waals surface area (Å²) in [6, 6.07) is 8.06. The Balaban J connectivity index is 2.20. The Labute approximate surface area is 265 Å². The van der Waals surface area contributed by atoms with Crippen LogP contribution in [0.15, 0.2) is 48.5 Å². The molecule has 4 rings (SSSR count). The lowest BCUT2D eigenvalue weighted by Crippen LogP contribution is -2.77. The highest BCUT2D eigenvalue weighted by atomic mass is 19.4. The molecule has 0 aliphatic carbocycles. The van der Waals surface area contributed by atoms with Crippen LogP contribution in [0.25, 0.3) is 0 Å². The third-order valence-electron chi connectivity index (χ3n) is 8.79. The van der Waals surface area contributed by atoms with Crippen LogP contribution in [0, 0.1) is 23.5 Å². The maximum absolute atomic E-state index is 15.9. The van der Waals surface area contributed by atoms with Gasteiger partial charge in [0.1, 0.15) is 22.8 Å². The molecule has 2 aromatic rings. The van der Waals surface area contributed by atoms with Crippen molar-refractivity contribution in [3.63, 3.8) is 0 Å². The molecule has 2 aliphatic heterocycles. The predicted octanol–water partition coefficient (Wildman–Crippen LogP) is 5.50. The van der Waals surface area contributed by atoms with Gasteiger partial charge in [-0.15, -0.1) is 0 Å². The SMILES string of the molecule is C[C@H]1OC[C@@](N)(c2ccccc2F)[C@H]1C(O)(N(C(=O)OC(C)(C)C)[C@@]1(c2ccccc2F)CO[C@H](C)[C@H]1C(O)C(F)(F)F)C(F)(F)F. The van der Waals surface area contributed by atoms with E-state index in [4.69, 9.17) is 19.9 Å². The molecule has 8 nitrogen and oxygen atoms in total. The van der Waals surface area contributed by atoms with Crippen molar-refractivity contribution in [2.75, 3.05) is 13.2 Å². The normalized spacial score (nSPS) is 30.6. The van der Waals surface area contributed by atoms with Gasteiger partial charge in [0, 0.05) is 11.1 Å². The number of hydrogen-bond acceptors (Lipinski definition) is 7. The molecule has 47 heavy (non-hydrogen) atoms. The molecule has 0 aromatic heterocycles. The first kappa shape index (κ1) is 36.8. The van der Waals surface area contributed by atoms with Crippen molar-refractivity contribution in [2.45, 2.75) is 87.7 Å². The number of aliphatic hydroxyl groups is 2. The van der Waals surface area contributed by atoms with E-state index >= 15 is 22.0 Å². The van der Waals surface area contributed by atoms with Gasteiger partial charge >= 0.3 is 18.4 Å². The summed E-state index contributed by atoms with van der Waals surface area (Å²) >= 11 is 0. The molecule has 2 heterocycles. The van der Waals surface area contributed by atoms with Gasteiger partial charge in [0.15, 0.2) is 6.10 Å². The standard InChI is InChI=1S/C31H36F8N2O6/c1-16-22(24(42)30(34,35)36)28(15-46-16,19-11-7-9-13-21(19)33)41(25(43)47-26(3,4)5)29(44,31(37,38)39)23-17(2)45-14-27(23,40)18-10-6-8-12-20(18)32/h6-13,16-17,22-24,42,44H,14-15,40H2,1-5H3/t16-,17-,22+,23+,24?,27-,28-,29?/m1/s1. The van der Waals surface area contributed by atoms with E-state index in [1.165, 1.54) is 32.9 Å². The van der Waals surface area contributed by atoms with Crippen LogP contribution >= 0.6 is 0 Å². The first-order valence-corrected chi connectivity index (χ1v) is 14.5. The number of alkyl halides is 6. The summed E-state index contributed by atoms with van der Waals surface area (Å²) in [7, 11) is 0. The first-order valence-electron chi connectivity index (χ1n) is 14.5. The van der Waals surface area contributed by atoms with E-state index in [0.29, 0.717) is 6.07 Å². The number of amides is 1. The summed E-state index contributed by atoms with van der Waals surface area (Å²) in [5, 5.41) is 23.1. The van der Waals surface area contributed by atoms with E-state index in [1.807, 2.05) is 0 Å². The summed E-state index contributed by atoms with van der Waals surface area (Å²) in [5.74, 6) is -7.70. The minimum atomic E-state index is -6.04. The zero-order chi connectivity index (χ0) is 35.5. The lowest BCUT2D eigenvalue weighted by atomic mass is 9.67. The van der Waals surface area contributed by atoms with Crippen LogP contribution in [0.3, 0.4) is 0 Å².